The summed E-state index contributed by atoms with van der Waals surface area (Å²) in [5.74, 6) is -1.08. The number of rotatable bonds is 5. The molecule has 1 N–H and O–H groups in total. The van der Waals surface area contributed by atoms with Crippen LogP contribution in [-0.2, 0) is 4.79 Å². The van der Waals surface area contributed by atoms with Crippen LogP contribution in [0.1, 0.15) is 30.1 Å². The molecule has 2 rings (SSSR count). The lowest BCUT2D eigenvalue weighted by atomic mass is 10.2. The van der Waals surface area contributed by atoms with Crippen molar-refractivity contribution in [3.63, 3.8) is 0 Å². The molecule has 0 unspecified atom stereocenters. The van der Waals surface area contributed by atoms with E-state index in [1.54, 1.807) is 39.0 Å². The predicted octanol–water partition coefficient (Wildman–Crippen LogP) is 3.89. The number of halogens is 2. The number of carbonyl (C=O) groups excluding carboxylic acids is 1. The summed E-state index contributed by atoms with van der Waals surface area (Å²) in [5, 5.41) is 9.71. The van der Waals surface area contributed by atoms with Gasteiger partial charge in [-0.3, -0.25) is 9.59 Å². The standard InChI is InChI=1S/C16H16Cl2N2O4/c1-8(2)20(7-13(21)22)16(23)14-9(3)24-15(19-14)10-4-5-11(17)12(18)6-10/h4-6,8H,7H2,1-3H3,(H,21,22). The Morgan fingerprint density at radius 1 is 1.29 bits per heavy atom. The molecular formula is C16H16Cl2N2O4. The number of aromatic nitrogens is 1. The van der Waals surface area contributed by atoms with Crippen LogP contribution in [0.2, 0.25) is 10.0 Å². The van der Waals surface area contributed by atoms with Crippen LogP contribution in [0.15, 0.2) is 22.6 Å². The smallest absolute Gasteiger partial charge is 0.323 e. The fourth-order valence-electron chi connectivity index (χ4n) is 2.12. The molecule has 128 valence electrons. The molecule has 0 aliphatic rings. The van der Waals surface area contributed by atoms with E-state index in [4.69, 9.17) is 32.7 Å². The largest absolute Gasteiger partial charge is 0.480 e. The zero-order chi connectivity index (χ0) is 18.0. The van der Waals surface area contributed by atoms with Crippen molar-refractivity contribution >= 4 is 35.1 Å². The maximum atomic E-state index is 12.6. The number of carboxylic acid groups (broad SMARTS) is 1. The van der Waals surface area contributed by atoms with Gasteiger partial charge in [0.1, 0.15) is 12.3 Å². The molecule has 1 heterocycles. The van der Waals surface area contributed by atoms with Crippen molar-refractivity contribution in [1.82, 2.24) is 9.88 Å². The molecule has 0 atom stereocenters. The molecule has 0 radical (unpaired) electrons. The molecular weight excluding hydrogens is 355 g/mol. The summed E-state index contributed by atoms with van der Waals surface area (Å²) >= 11 is 11.9. The Balaban J connectivity index is 2.38. The molecule has 0 aliphatic carbocycles. The van der Waals surface area contributed by atoms with Gasteiger partial charge in [-0.05, 0) is 39.0 Å². The Bertz CT molecular complexity index is 786. The third-order valence-corrected chi connectivity index (χ3v) is 4.09. The number of nitrogens with zero attached hydrogens (tertiary/aromatic N) is 2. The molecule has 24 heavy (non-hydrogen) atoms. The first-order valence-corrected chi connectivity index (χ1v) is 7.92. The summed E-state index contributed by atoms with van der Waals surface area (Å²) in [5.41, 5.74) is 0.645. The number of aryl methyl sites for hydroxylation is 1. The highest BCUT2D eigenvalue weighted by atomic mass is 35.5. The second kappa shape index (κ2) is 7.23. The zero-order valence-electron chi connectivity index (χ0n) is 13.3. The summed E-state index contributed by atoms with van der Waals surface area (Å²) in [7, 11) is 0. The van der Waals surface area contributed by atoms with Crippen molar-refractivity contribution in [3.05, 3.63) is 39.7 Å². The summed E-state index contributed by atoms with van der Waals surface area (Å²) in [6.45, 7) is 4.65. The molecule has 1 aromatic carbocycles. The number of carboxylic acids is 1. The van der Waals surface area contributed by atoms with Crippen molar-refractivity contribution < 1.29 is 19.1 Å². The van der Waals surface area contributed by atoms with Gasteiger partial charge in [0, 0.05) is 11.6 Å². The van der Waals surface area contributed by atoms with E-state index in [1.165, 1.54) is 4.90 Å². The summed E-state index contributed by atoms with van der Waals surface area (Å²) in [6.07, 6.45) is 0. The van der Waals surface area contributed by atoms with Crippen molar-refractivity contribution in [3.8, 4) is 11.5 Å². The fraction of sp³-hybridized carbons (Fsp3) is 0.312. The topological polar surface area (TPSA) is 83.6 Å². The second-order valence-electron chi connectivity index (χ2n) is 5.47. The van der Waals surface area contributed by atoms with E-state index >= 15 is 0 Å². The Morgan fingerprint density at radius 3 is 2.50 bits per heavy atom. The molecule has 2 aromatic rings. The van der Waals surface area contributed by atoms with Crippen LogP contribution in [-0.4, -0.2) is 39.5 Å². The SMILES string of the molecule is Cc1oc(-c2ccc(Cl)c(Cl)c2)nc1C(=O)N(CC(=O)O)C(C)C. The van der Waals surface area contributed by atoms with Gasteiger partial charge in [0.05, 0.1) is 10.0 Å². The van der Waals surface area contributed by atoms with Crippen LogP contribution in [0.3, 0.4) is 0 Å². The van der Waals surface area contributed by atoms with Gasteiger partial charge < -0.3 is 14.4 Å². The Labute approximate surface area is 149 Å². The van der Waals surface area contributed by atoms with Crippen LogP contribution < -0.4 is 0 Å². The number of aliphatic carboxylic acids is 1. The predicted molar refractivity (Wildman–Crippen MR) is 90.5 cm³/mol. The van der Waals surface area contributed by atoms with Gasteiger partial charge >= 0.3 is 5.97 Å². The maximum Gasteiger partial charge on any atom is 0.323 e. The third-order valence-electron chi connectivity index (χ3n) is 3.36. The third kappa shape index (κ3) is 3.88. The average molecular weight is 371 g/mol. The first kappa shape index (κ1) is 18.3. The van der Waals surface area contributed by atoms with E-state index in [-0.39, 0.29) is 17.6 Å². The highest BCUT2D eigenvalue weighted by molar-refractivity contribution is 6.42. The van der Waals surface area contributed by atoms with Crippen LogP contribution in [0.5, 0.6) is 0 Å². The Kier molecular flexibility index (Phi) is 5.51. The van der Waals surface area contributed by atoms with Gasteiger partial charge in [-0.25, -0.2) is 4.98 Å². The van der Waals surface area contributed by atoms with Crippen molar-refractivity contribution in [2.45, 2.75) is 26.8 Å². The minimum atomic E-state index is -1.09. The van der Waals surface area contributed by atoms with Gasteiger partial charge in [0.2, 0.25) is 5.89 Å². The van der Waals surface area contributed by atoms with Gasteiger partial charge in [0.15, 0.2) is 5.69 Å². The van der Waals surface area contributed by atoms with E-state index in [1.807, 2.05) is 0 Å². The highest BCUT2D eigenvalue weighted by Gasteiger charge is 2.27. The molecule has 0 saturated heterocycles. The van der Waals surface area contributed by atoms with E-state index in [0.29, 0.717) is 21.4 Å². The van der Waals surface area contributed by atoms with Crippen molar-refractivity contribution in [2.24, 2.45) is 0 Å². The minimum absolute atomic E-state index is 0.0750. The molecule has 0 aliphatic heterocycles. The lowest BCUT2D eigenvalue weighted by Crippen LogP contribution is -2.41. The lowest BCUT2D eigenvalue weighted by Gasteiger charge is -2.23. The highest BCUT2D eigenvalue weighted by Crippen LogP contribution is 2.29. The van der Waals surface area contributed by atoms with E-state index in [2.05, 4.69) is 4.98 Å². The van der Waals surface area contributed by atoms with Crippen molar-refractivity contribution in [1.29, 1.82) is 0 Å². The van der Waals surface area contributed by atoms with Gasteiger partial charge in [-0.15, -0.1) is 0 Å². The maximum absolute atomic E-state index is 12.6. The monoisotopic (exact) mass is 370 g/mol. The molecule has 0 bridgehead atoms. The number of benzene rings is 1. The van der Waals surface area contributed by atoms with E-state index in [0.717, 1.165) is 0 Å². The quantitative estimate of drug-likeness (QED) is 0.862. The van der Waals surface area contributed by atoms with Crippen LogP contribution in [0, 0.1) is 6.92 Å². The molecule has 0 spiro atoms. The summed E-state index contributed by atoms with van der Waals surface area (Å²) < 4.78 is 5.54. The van der Waals surface area contributed by atoms with Gasteiger partial charge in [-0.2, -0.15) is 0 Å². The number of hydrogen-bond donors (Lipinski definition) is 1. The summed E-state index contributed by atoms with van der Waals surface area (Å²) in [6, 6.07) is 4.56. The molecule has 1 amide bonds. The molecule has 8 heteroatoms. The lowest BCUT2D eigenvalue weighted by molar-refractivity contribution is -0.138. The first-order chi connectivity index (χ1) is 11.2. The average Bonchev–Trinajstić information content (AvgIpc) is 2.88. The van der Waals surface area contributed by atoms with Gasteiger partial charge in [0.25, 0.3) is 5.91 Å². The van der Waals surface area contributed by atoms with E-state index in [9.17, 15) is 9.59 Å². The Morgan fingerprint density at radius 2 is 1.96 bits per heavy atom. The number of hydrogen-bond acceptors (Lipinski definition) is 4. The van der Waals surface area contributed by atoms with E-state index < -0.39 is 18.4 Å². The fourth-order valence-corrected chi connectivity index (χ4v) is 2.42. The summed E-state index contributed by atoms with van der Waals surface area (Å²) in [4.78, 5) is 29.0. The van der Waals surface area contributed by atoms with Crippen LogP contribution in [0.25, 0.3) is 11.5 Å². The van der Waals surface area contributed by atoms with Gasteiger partial charge in [-0.1, -0.05) is 23.2 Å². The van der Waals surface area contributed by atoms with Crippen LogP contribution >= 0.6 is 23.2 Å². The molecule has 0 saturated carbocycles. The number of oxazole rings is 1. The van der Waals surface area contributed by atoms with Crippen LogP contribution in [0.4, 0.5) is 0 Å². The number of amides is 1. The molecule has 0 fully saturated rings. The minimum Gasteiger partial charge on any atom is -0.480 e. The second-order valence-corrected chi connectivity index (χ2v) is 6.29. The number of carbonyl (C=O) groups is 2. The Hall–Kier alpha value is -2.05. The molecule has 6 nitrogen and oxygen atoms in total. The zero-order valence-corrected chi connectivity index (χ0v) is 14.9. The first-order valence-electron chi connectivity index (χ1n) is 7.16. The van der Waals surface area contributed by atoms with Crippen molar-refractivity contribution in [2.75, 3.05) is 6.54 Å². The molecule has 1 aromatic heterocycles. The normalized spacial score (nSPS) is 10.9.